The Hall–Kier alpha value is -5.07. The second-order valence-electron chi connectivity index (χ2n) is 12.9. The topological polar surface area (TPSA) is 270 Å². The molecule has 3 saturated heterocycles. The first-order valence-corrected chi connectivity index (χ1v) is 17.0. The molecule has 0 aliphatic carbocycles. The minimum absolute atomic E-state index is 0.155. The lowest BCUT2D eigenvalue weighted by molar-refractivity contribution is -0.144. The maximum atomic E-state index is 13.5. The van der Waals surface area contributed by atoms with Crippen LogP contribution in [0.1, 0.15) is 59.3 Å². The van der Waals surface area contributed by atoms with Crippen molar-refractivity contribution in [2.75, 3.05) is 26.2 Å². The van der Waals surface area contributed by atoms with Gasteiger partial charge in [-0.3, -0.25) is 43.2 Å². The Kier molecular flexibility index (Phi) is 14.4. The van der Waals surface area contributed by atoms with Crippen LogP contribution in [0, 0.1) is 0 Å². The summed E-state index contributed by atoms with van der Waals surface area (Å²) in [4.78, 5) is 118. The fraction of sp³-hybridized carbons (Fsp3) is 0.656. The van der Waals surface area contributed by atoms with Crippen molar-refractivity contribution < 1.29 is 48.3 Å². The van der Waals surface area contributed by atoms with Crippen LogP contribution >= 0.6 is 0 Å². The van der Waals surface area contributed by atoms with E-state index in [1.54, 1.807) is 0 Å². The van der Waals surface area contributed by atoms with Crippen molar-refractivity contribution >= 4 is 53.7 Å². The molecule has 8 atom stereocenters. The van der Waals surface area contributed by atoms with Gasteiger partial charge in [-0.2, -0.15) is 0 Å². The molecule has 0 spiro atoms. The minimum atomic E-state index is -1.37. The largest absolute Gasteiger partial charge is 0.394 e. The van der Waals surface area contributed by atoms with Crippen molar-refractivity contribution in [3.05, 3.63) is 12.7 Å². The minimum Gasteiger partial charge on any atom is -0.394 e. The van der Waals surface area contributed by atoms with Crippen LogP contribution in [0.15, 0.2) is 12.7 Å². The van der Waals surface area contributed by atoms with Gasteiger partial charge in [-0.1, -0.05) is 6.08 Å². The molecule has 0 aromatic carbocycles. The van der Waals surface area contributed by atoms with Gasteiger partial charge in [0.2, 0.25) is 53.7 Å². The van der Waals surface area contributed by atoms with Crippen LogP contribution in [-0.2, 0) is 43.2 Å². The third-order valence-corrected chi connectivity index (χ3v) is 9.33. The van der Waals surface area contributed by atoms with Crippen LogP contribution in [-0.4, -0.2) is 148 Å². The zero-order valence-corrected chi connectivity index (χ0v) is 29.1. The molecular formula is C32H49N9O10. The molecule has 0 aromatic heterocycles. The molecule has 1 unspecified atom stereocenters. The first-order valence-electron chi connectivity index (χ1n) is 17.0. The number of hydrogen-bond donors (Lipinski definition) is 7. The molecule has 8 N–H and O–H groups in total. The summed E-state index contributed by atoms with van der Waals surface area (Å²) >= 11 is 0. The SMILES string of the molecule is C=C[C@H](NC(=O)[C@H](C)NC(=O)[C@@H]1CCCN1C(=O)C(CO)NC(=O)[C@H](C)NC=O)C(=O)N1CCC[C@H]1C(=O)N[C@@H](C)C(=O)N1CCC[C@H]1C(N)=O. The average molecular weight is 720 g/mol. The highest BCUT2D eigenvalue weighted by atomic mass is 16.3. The molecular weight excluding hydrogens is 670 g/mol. The molecule has 0 aromatic rings. The van der Waals surface area contributed by atoms with Crippen molar-refractivity contribution in [2.24, 2.45) is 5.73 Å². The van der Waals surface area contributed by atoms with E-state index >= 15 is 0 Å². The molecule has 0 bridgehead atoms. The van der Waals surface area contributed by atoms with E-state index in [9.17, 15) is 48.3 Å². The maximum Gasteiger partial charge on any atom is 0.249 e. The Morgan fingerprint density at radius 3 is 1.67 bits per heavy atom. The number of nitrogens with one attached hydrogen (secondary N) is 5. The first-order chi connectivity index (χ1) is 24.2. The van der Waals surface area contributed by atoms with Crippen LogP contribution in [0.3, 0.4) is 0 Å². The molecule has 3 fully saturated rings. The number of nitrogens with zero attached hydrogens (tertiary/aromatic N) is 3. The second-order valence-corrected chi connectivity index (χ2v) is 12.9. The third kappa shape index (κ3) is 9.80. The zero-order chi connectivity index (χ0) is 38.0. The quantitative estimate of drug-likeness (QED) is 0.0596. The molecule has 9 amide bonds. The smallest absolute Gasteiger partial charge is 0.249 e. The summed E-state index contributed by atoms with van der Waals surface area (Å²) in [7, 11) is 0. The number of hydrogen-bond acceptors (Lipinski definition) is 10. The van der Waals surface area contributed by atoms with Crippen molar-refractivity contribution in [3.63, 3.8) is 0 Å². The van der Waals surface area contributed by atoms with Crippen molar-refractivity contribution in [1.29, 1.82) is 0 Å². The van der Waals surface area contributed by atoms with E-state index in [1.165, 1.54) is 41.5 Å². The molecule has 0 radical (unpaired) electrons. The average Bonchev–Trinajstić information content (AvgIpc) is 3.89. The van der Waals surface area contributed by atoms with Crippen molar-refractivity contribution in [2.45, 2.75) is 108 Å². The molecule has 19 nitrogen and oxygen atoms in total. The number of likely N-dealkylation sites (tertiary alicyclic amines) is 3. The summed E-state index contributed by atoms with van der Waals surface area (Å²) in [6, 6.07) is -8.45. The zero-order valence-electron chi connectivity index (χ0n) is 29.1. The molecule has 19 heteroatoms. The Labute approximate surface area is 295 Å². The first kappa shape index (κ1) is 40.4. The van der Waals surface area contributed by atoms with Crippen LogP contribution in [0.4, 0.5) is 0 Å². The third-order valence-electron chi connectivity index (χ3n) is 9.33. The van der Waals surface area contributed by atoms with E-state index < -0.39 is 102 Å². The van der Waals surface area contributed by atoms with E-state index in [0.29, 0.717) is 45.1 Å². The Morgan fingerprint density at radius 2 is 1.18 bits per heavy atom. The van der Waals surface area contributed by atoms with Gasteiger partial charge >= 0.3 is 0 Å². The van der Waals surface area contributed by atoms with Gasteiger partial charge in [0.1, 0.15) is 48.3 Å². The normalized spacial score (nSPS) is 22.8. The number of carbonyl (C=O) groups is 9. The monoisotopic (exact) mass is 719 g/mol. The number of aliphatic hydroxyl groups excluding tert-OH is 1. The fourth-order valence-electron chi connectivity index (χ4n) is 6.47. The molecule has 51 heavy (non-hydrogen) atoms. The Bertz CT molecular complexity index is 1390. The van der Waals surface area contributed by atoms with E-state index in [2.05, 4.69) is 33.2 Å². The number of primary amides is 1. The highest BCUT2D eigenvalue weighted by Gasteiger charge is 2.41. The summed E-state index contributed by atoms with van der Waals surface area (Å²) < 4.78 is 0. The van der Waals surface area contributed by atoms with Gasteiger partial charge in [-0.25, -0.2) is 0 Å². The number of carbonyl (C=O) groups excluding carboxylic acids is 9. The lowest BCUT2D eigenvalue weighted by Crippen LogP contribution is -2.59. The molecule has 3 rings (SSSR count). The van der Waals surface area contributed by atoms with Gasteiger partial charge < -0.3 is 52.1 Å². The van der Waals surface area contributed by atoms with Gasteiger partial charge in [0.05, 0.1) is 6.61 Å². The summed E-state index contributed by atoms with van der Waals surface area (Å²) in [5, 5.41) is 22.1. The predicted molar refractivity (Wildman–Crippen MR) is 178 cm³/mol. The van der Waals surface area contributed by atoms with Crippen LogP contribution in [0.25, 0.3) is 0 Å². The number of nitrogens with two attached hydrogens (primary N) is 1. The standard InChI is InChI=1S/C32H49N9O10/c1-5-20(31(50)40-13-7-11-24(40)29(48)36-19(4)30(49)39-12-6-9-22(39)25(33)44)37-27(46)18(3)35-28(47)23-10-8-14-41(23)32(51)21(15-42)38-26(45)17(2)34-16-43/h5,16-24,42H,1,6-15H2,2-4H3,(H2,33,44)(H,34,43)(H,35,47)(H,36,48)(H,37,46)(H,38,45)/t17-,18-,19-,20-,21?,22-,23-,24-/m0/s1. The predicted octanol–water partition coefficient (Wildman–Crippen LogP) is -4.26. The van der Waals surface area contributed by atoms with Crippen LogP contribution < -0.4 is 32.3 Å². The van der Waals surface area contributed by atoms with Gasteiger partial charge in [0.15, 0.2) is 0 Å². The maximum absolute atomic E-state index is 13.5. The van der Waals surface area contributed by atoms with E-state index in [4.69, 9.17) is 5.73 Å². The lowest BCUT2D eigenvalue weighted by atomic mass is 10.1. The summed E-state index contributed by atoms with van der Waals surface area (Å²) in [5.41, 5.74) is 5.42. The molecule has 0 saturated carbocycles. The molecule has 3 aliphatic heterocycles. The van der Waals surface area contributed by atoms with Gasteiger partial charge in [-0.05, 0) is 59.3 Å². The van der Waals surface area contributed by atoms with E-state index in [1.807, 2.05) is 0 Å². The van der Waals surface area contributed by atoms with Crippen molar-refractivity contribution in [3.8, 4) is 0 Å². The second kappa shape index (κ2) is 18.2. The Morgan fingerprint density at radius 1 is 0.706 bits per heavy atom. The van der Waals surface area contributed by atoms with E-state index in [0.717, 1.165) is 0 Å². The van der Waals surface area contributed by atoms with Crippen LogP contribution in [0.5, 0.6) is 0 Å². The number of rotatable bonds is 16. The van der Waals surface area contributed by atoms with Crippen molar-refractivity contribution in [1.82, 2.24) is 41.3 Å². The van der Waals surface area contributed by atoms with Gasteiger partial charge in [-0.15, -0.1) is 6.58 Å². The summed E-state index contributed by atoms with van der Waals surface area (Å²) in [6.07, 6.45) is 4.04. The summed E-state index contributed by atoms with van der Waals surface area (Å²) in [6.45, 7) is 7.83. The van der Waals surface area contributed by atoms with Gasteiger partial charge in [0.25, 0.3) is 0 Å². The van der Waals surface area contributed by atoms with Gasteiger partial charge in [0, 0.05) is 19.6 Å². The van der Waals surface area contributed by atoms with E-state index in [-0.39, 0.29) is 19.5 Å². The fourth-order valence-corrected chi connectivity index (χ4v) is 6.47. The molecule has 3 heterocycles. The lowest BCUT2D eigenvalue weighted by Gasteiger charge is -2.30. The number of aliphatic hydroxyl groups is 1. The highest BCUT2D eigenvalue weighted by Crippen LogP contribution is 2.22. The van der Waals surface area contributed by atoms with Crippen LogP contribution in [0.2, 0.25) is 0 Å². The number of amides is 9. The summed E-state index contributed by atoms with van der Waals surface area (Å²) in [5.74, 6) is -5.12. The highest BCUT2D eigenvalue weighted by molar-refractivity contribution is 5.98. The molecule has 282 valence electrons. The molecule has 3 aliphatic rings. The Balaban J connectivity index is 1.57.